The zero-order chi connectivity index (χ0) is 17.6. The lowest BCUT2D eigenvalue weighted by molar-refractivity contribution is 0.102. The summed E-state index contributed by atoms with van der Waals surface area (Å²) < 4.78 is 23.7. The maximum atomic E-state index is 12.4. The molecule has 0 bridgehead atoms. The molecule has 2 aromatic heterocycles. The van der Waals surface area contributed by atoms with E-state index in [0.29, 0.717) is 16.6 Å². The summed E-state index contributed by atoms with van der Waals surface area (Å²) in [4.78, 5) is 23.6. The van der Waals surface area contributed by atoms with Crippen LogP contribution in [0.4, 0.5) is 5.95 Å². The van der Waals surface area contributed by atoms with Crippen molar-refractivity contribution < 1.29 is 13.2 Å². The number of thiazole rings is 1. The van der Waals surface area contributed by atoms with Gasteiger partial charge in [-0.3, -0.25) is 10.1 Å². The van der Waals surface area contributed by atoms with Gasteiger partial charge in [0.1, 0.15) is 0 Å². The van der Waals surface area contributed by atoms with Crippen LogP contribution in [0.1, 0.15) is 10.4 Å². The topological polar surface area (TPSA) is 131 Å². The highest BCUT2D eigenvalue weighted by atomic mass is 32.2. The highest BCUT2D eigenvalue weighted by molar-refractivity contribution is 7.89. The second-order valence-corrected chi connectivity index (χ2v) is 7.75. The van der Waals surface area contributed by atoms with Gasteiger partial charge in [-0.15, -0.1) is 11.3 Å². The predicted octanol–water partition coefficient (Wildman–Crippen LogP) is 2.07. The third-order valence-electron chi connectivity index (χ3n) is 3.61. The molecular formula is C15H11N5O3S2. The van der Waals surface area contributed by atoms with Crippen LogP contribution >= 0.6 is 11.3 Å². The molecule has 0 aliphatic rings. The number of aromatic nitrogens is 3. The molecule has 10 heteroatoms. The van der Waals surface area contributed by atoms with E-state index in [0.717, 1.165) is 10.2 Å². The number of imidazole rings is 1. The SMILES string of the molecule is NS(=O)(=O)c1ccc2nc(NC(=O)c3ccc4ncsc4c3)[nH]c2c1. The number of H-pyrrole nitrogens is 1. The lowest BCUT2D eigenvalue weighted by Crippen LogP contribution is -2.12. The van der Waals surface area contributed by atoms with E-state index < -0.39 is 10.0 Å². The van der Waals surface area contributed by atoms with Crippen molar-refractivity contribution in [1.82, 2.24) is 15.0 Å². The molecular weight excluding hydrogens is 362 g/mol. The molecule has 0 radical (unpaired) electrons. The number of nitrogens with one attached hydrogen (secondary N) is 2. The molecule has 2 aromatic carbocycles. The molecule has 4 rings (SSSR count). The maximum Gasteiger partial charge on any atom is 0.258 e. The monoisotopic (exact) mass is 373 g/mol. The average Bonchev–Trinajstić information content (AvgIpc) is 3.18. The van der Waals surface area contributed by atoms with Gasteiger partial charge in [0.25, 0.3) is 5.91 Å². The standard InChI is InChI=1S/C15H11N5O3S2/c16-25(22,23)9-2-4-10-12(6-9)19-15(18-10)20-14(21)8-1-3-11-13(5-8)24-7-17-11/h1-7H,(H2,16,22,23)(H2,18,19,20,21). The van der Waals surface area contributed by atoms with E-state index in [2.05, 4.69) is 20.3 Å². The predicted molar refractivity (Wildman–Crippen MR) is 95.0 cm³/mol. The van der Waals surface area contributed by atoms with Crippen LogP contribution in [-0.4, -0.2) is 29.3 Å². The second kappa shape index (κ2) is 5.62. The van der Waals surface area contributed by atoms with Gasteiger partial charge >= 0.3 is 0 Å². The number of aromatic amines is 1. The number of benzene rings is 2. The number of rotatable bonds is 3. The van der Waals surface area contributed by atoms with Crippen LogP contribution in [0.25, 0.3) is 21.3 Å². The molecule has 0 aliphatic heterocycles. The van der Waals surface area contributed by atoms with Crippen molar-refractivity contribution in [3.05, 3.63) is 47.5 Å². The highest BCUT2D eigenvalue weighted by Gasteiger charge is 2.13. The fraction of sp³-hybridized carbons (Fsp3) is 0. The van der Waals surface area contributed by atoms with Crippen LogP contribution in [0, 0.1) is 0 Å². The van der Waals surface area contributed by atoms with Crippen LogP contribution in [0.2, 0.25) is 0 Å². The Balaban J connectivity index is 1.64. The molecule has 1 amide bonds. The smallest absolute Gasteiger partial charge is 0.258 e. The number of nitrogens with zero attached hydrogens (tertiary/aromatic N) is 2. The van der Waals surface area contributed by atoms with E-state index in [-0.39, 0.29) is 16.8 Å². The molecule has 4 aromatic rings. The molecule has 2 heterocycles. The number of sulfonamides is 1. The number of hydrogen-bond acceptors (Lipinski definition) is 6. The number of anilines is 1. The number of primary sulfonamides is 1. The van der Waals surface area contributed by atoms with Gasteiger partial charge in [0.05, 0.1) is 31.7 Å². The van der Waals surface area contributed by atoms with Crippen molar-refractivity contribution in [2.45, 2.75) is 4.90 Å². The van der Waals surface area contributed by atoms with Crippen LogP contribution < -0.4 is 10.5 Å². The molecule has 0 saturated heterocycles. The quantitative estimate of drug-likeness (QED) is 0.506. The Morgan fingerprint density at radius 2 is 1.96 bits per heavy atom. The summed E-state index contributed by atoms with van der Waals surface area (Å²) in [6, 6.07) is 9.46. The normalized spacial score (nSPS) is 11.9. The number of carbonyl (C=O) groups excluding carboxylic acids is 1. The van der Waals surface area contributed by atoms with Crippen molar-refractivity contribution in [1.29, 1.82) is 0 Å². The number of hydrogen-bond donors (Lipinski definition) is 3. The van der Waals surface area contributed by atoms with Gasteiger partial charge in [-0.25, -0.2) is 23.5 Å². The Morgan fingerprint density at radius 1 is 1.16 bits per heavy atom. The summed E-state index contributed by atoms with van der Waals surface area (Å²) >= 11 is 1.45. The molecule has 0 unspecified atom stereocenters. The fourth-order valence-corrected chi connectivity index (χ4v) is 3.66. The summed E-state index contributed by atoms with van der Waals surface area (Å²) in [6.07, 6.45) is 0. The molecule has 4 N–H and O–H groups in total. The first-order chi connectivity index (χ1) is 11.9. The zero-order valence-electron chi connectivity index (χ0n) is 12.6. The minimum atomic E-state index is -3.81. The van der Waals surface area contributed by atoms with Gasteiger partial charge in [0, 0.05) is 5.56 Å². The van der Waals surface area contributed by atoms with Gasteiger partial charge < -0.3 is 4.98 Å². The summed E-state index contributed by atoms with van der Waals surface area (Å²) in [5, 5.41) is 7.77. The lowest BCUT2D eigenvalue weighted by atomic mass is 10.2. The first-order valence-corrected chi connectivity index (χ1v) is 9.50. The van der Waals surface area contributed by atoms with E-state index in [4.69, 9.17) is 5.14 Å². The Morgan fingerprint density at radius 3 is 2.76 bits per heavy atom. The summed E-state index contributed by atoms with van der Waals surface area (Å²) in [6.45, 7) is 0. The van der Waals surface area contributed by atoms with Crippen LogP contribution in [0.15, 0.2) is 46.8 Å². The molecule has 0 fully saturated rings. The minimum absolute atomic E-state index is 0.0304. The van der Waals surface area contributed by atoms with E-state index in [9.17, 15) is 13.2 Å². The van der Waals surface area contributed by atoms with Crippen molar-refractivity contribution in [2.24, 2.45) is 5.14 Å². The van der Waals surface area contributed by atoms with Crippen LogP contribution in [-0.2, 0) is 10.0 Å². The van der Waals surface area contributed by atoms with Crippen LogP contribution in [0.3, 0.4) is 0 Å². The van der Waals surface area contributed by atoms with E-state index in [1.54, 1.807) is 23.7 Å². The molecule has 0 spiro atoms. The zero-order valence-corrected chi connectivity index (χ0v) is 14.2. The lowest BCUT2D eigenvalue weighted by Gasteiger charge is -2.01. The largest absolute Gasteiger partial charge is 0.324 e. The Kier molecular flexibility index (Phi) is 3.53. The van der Waals surface area contributed by atoms with Gasteiger partial charge in [0.15, 0.2) is 0 Å². The third kappa shape index (κ3) is 2.97. The molecule has 0 atom stereocenters. The van der Waals surface area contributed by atoms with Crippen molar-refractivity contribution in [3.63, 3.8) is 0 Å². The molecule has 8 nitrogen and oxygen atoms in total. The van der Waals surface area contributed by atoms with Crippen molar-refractivity contribution in [2.75, 3.05) is 5.32 Å². The number of carbonyl (C=O) groups is 1. The van der Waals surface area contributed by atoms with E-state index in [1.807, 2.05) is 0 Å². The van der Waals surface area contributed by atoms with Crippen molar-refractivity contribution in [3.8, 4) is 0 Å². The molecule has 25 heavy (non-hydrogen) atoms. The average molecular weight is 373 g/mol. The second-order valence-electron chi connectivity index (χ2n) is 5.30. The summed E-state index contributed by atoms with van der Waals surface area (Å²) in [5.41, 5.74) is 4.00. The van der Waals surface area contributed by atoms with Gasteiger partial charge in [-0.05, 0) is 36.4 Å². The Labute approximate surface area is 145 Å². The first kappa shape index (κ1) is 15.7. The summed E-state index contributed by atoms with van der Waals surface area (Å²) in [7, 11) is -3.81. The molecule has 0 aliphatic carbocycles. The summed E-state index contributed by atoms with van der Waals surface area (Å²) in [5.74, 6) is -0.114. The molecule has 0 saturated carbocycles. The van der Waals surface area contributed by atoms with Gasteiger partial charge in [-0.1, -0.05) is 0 Å². The molecule has 126 valence electrons. The Hall–Kier alpha value is -2.82. The van der Waals surface area contributed by atoms with Crippen LogP contribution in [0.5, 0.6) is 0 Å². The van der Waals surface area contributed by atoms with Gasteiger partial charge in [-0.2, -0.15) is 0 Å². The van der Waals surface area contributed by atoms with Gasteiger partial charge in [0.2, 0.25) is 16.0 Å². The fourth-order valence-electron chi connectivity index (χ4n) is 2.40. The minimum Gasteiger partial charge on any atom is -0.324 e. The third-order valence-corrected chi connectivity index (χ3v) is 5.31. The first-order valence-electron chi connectivity index (χ1n) is 7.07. The number of fused-ring (bicyclic) bond motifs is 2. The van der Waals surface area contributed by atoms with E-state index in [1.165, 1.54) is 29.5 Å². The van der Waals surface area contributed by atoms with Crippen molar-refractivity contribution >= 4 is 54.5 Å². The maximum absolute atomic E-state index is 12.4. The Bertz CT molecular complexity index is 1230. The number of amides is 1. The number of nitrogens with two attached hydrogens (primary N) is 1. The highest BCUT2D eigenvalue weighted by Crippen LogP contribution is 2.21. The van der Waals surface area contributed by atoms with E-state index >= 15 is 0 Å².